The van der Waals surface area contributed by atoms with Gasteiger partial charge in [-0.3, -0.25) is 9.69 Å². The van der Waals surface area contributed by atoms with Gasteiger partial charge in [0.2, 0.25) is 5.91 Å². The minimum atomic E-state index is -0.372. The summed E-state index contributed by atoms with van der Waals surface area (Å²) >= 11 is 0. The molecule has 3 N–H and O–H groups in total. The van der Waals surface area contributed by atoms with Crippen molar-refractivity contribution in [1.82, 2.24) is 10.2 Å². The van der Waals surface area contributed by atoms with Gasteiger partial charge in [0.25, 0.3) is 0 Å². The van der Waals surface area contributed by atoms with E-state index in [0.29, 0.717) is 13.1 Å². The van der Waals surface area contributed by atoms with Gasteiger partial charge < -0.3 is 20.5 Å². The smallest absolute Gasteiger partial charge is 0.249 e. The highest BCUT2D eigenvalue weighted by Crippen LogP contribution is 2.31. The van der Waals surface area contributed by atoms with Gasteiger partial charge in [-0.2, -0.15) is 0 Å². The van der Waals surface area contributed by atoms with Crippen LogP contribution in [0.25, 0.3) is 0 Å². The maximum Gasteiger partial charge on any atom is 0.249 e. The van der Waals surface area contributed by atoms with Gasteiger partial charge in [-0.05, 0) is 44.8 Å². The lowest BCUT2D eigenvalue weighted by atomic mass is 10.0. The molecule has 1 amide bonds. The SMILES string of the molecule is COc1ccccc1C(CNC(=O)[C@@H]1CC[C@H](CN)O1)N1CCCCC1.Cl.Cl. The third-order valence-corrected chi connectivity index (χ3v) is 5.46. The molecular formula is C20H33Cl2N3O3. The summed E-state index contributed by atoms with van der Waals surface area (Å²) in [5, 5.41) is 3.11. The maximum atomic E-state index is 12.6. The number of piperidine rings is 1. The number of likely N-dealkylation sites (tertiary alicyclic amines) is 1. The Morgan fingerprint density at radius 1 is 1.25 bits per heavy atom. The molecule has 0 aromatic heterocycles. The minimum absolute atomic E-state index is 0. The molecule has 0 spiro atoms. The van der Waals surface area contributed by atoms with Gasteiger partial charge in [-0.15, -0.1) is 24.8 Å². The first-order valence-electron chi connectivity index (χ1n) is 9.73. The van der Waals surface area contributed by atoms with E-state index in [0.717, 1.165) is 37.2 Å². The van der Waals surface area contributed by atoms with Crippen LogP contribution in [-0.4, -0.2) is 56.3 Å². The fourth-order valence-corrected chi connectivity index (χ4v) is 3.99. The van der Waals surface area contributed by atoms with Gasteiger partial charge in [-0.1, -0.05) is 24.6 Å². The quantitative estimate of drug-likeness (QED) is 0.690. The van der Waals surface area contributed by atoms with E-state index < -0.39 is 0 Å². The molecule has 1 unspecified atom stereocenters. The number of halogens is 2. The van der Waals surface area contributed by atoms with Crippen LogP contribution in [0.5, 0.6) is 5.75 Å². The number of amides is 1. The molecule has 160 valence electrons. The zero-order chi connectivity index (χ0) is 18.4. The summed E-state index contributed by atoms with van der Waals surface area (Å²) in [5.74, 6) is 0.843. The molecule has 2 aliphatic rings. The third kappa shape index (κ3) is 6.22. The lowest BCUT2D eigenvalue weighted by molar-refractivity contribution is -0.132. The second kappa shape index (κ2) is 12.5. The van der Waals surface area contributed by atoms with Crippen LogP contribution in [0, 0.1) is 0 Å². The van der Waals surface area contributed by atoms with E-state index in [1.54, 1.807) is 7.11 Å². The number of benzene rings is 1. The van der Waals surface area contributed by atoms with Crippen LogP contribution < -0.4 is 15.8 Å². The highest BCUT2D eigenvalue weighted by Gasteiger charge is 2.31. The molecule has 1 aromatic rings. The summed E-state index contributed by atoms with van der Waals surface area (Å²) < 4.78 is 11.3. The highest BCUT2D eigenvalue weighted by molar-refractivity contribution is 5.85. The average Bonchev–Trinajstić information content (AvgIpc) is 3.18. The summed E-state index contributed by atoms with van der Waals surface area (Å²) in [5.41, 5.74) is 6.78. The lowest BCUT2D eigenvalue weighted by Crippen LogP contribution is -2.43. The molecule has 8 heteroatoms. The molecule has 1 aromatic carbocycles. The topological polar surface area (TPSA) is 76.8 Å². The van der Waals surface area contributed by atoms with Crippen molar-refractivity contribution in [2.24, 2.45) is 5.73 Å². The molecule has 2 fully saturated rings. The number of hydrogen-bond donors (Lipinski definition) is 2. The lowest BCUT2D eigenvalue weighted by Gasteiger charge is -2.35. The first-order chi connectivity index (χ1) is 12.7. The monoisotopic (exact) mass is 433 g/mol. The fraction of sp³-hybridized carbons (Fsp3) is 0.650. The Balaban J connectivity index is 0.00000196. The zero-order valence-electron chi connectivity index (χ0n) is 16.5. The van der Waals surface area contributed by atoms with Crippen molar-refractivity contribution < 1.29 is 14.3 Å². The Bertz CT molecular complexity index is 600. The molecule has 2 heterocycles. The summed E-state index contributed by atoms with van der Waals surface area (Å²) in [4.78, 5) is 15.0. The average molecular weight is 434 g/mol. The van der Waals surface area contributed by atoms with Crippen LogP contribution in [-0.2, 0) is 9.53 Å². The van der Waals surface area contributed by atoms with Gasteiger partial charge in [-0.25, -0.2) is 0 Å². The molecule has 0 bridgehead atoms. The number of para-hydroxylation sites is 1. The molecule has 0 aliphatic carbocycles. The van der Waals surface area contributed by atoms with Crippen molar-refractivity contribution in [3.05, 3.63) is 29.8 Å². The predicted octanol–water partition coefficient (Wildman–Crippen LogP) is 2.69. The van der Waals surface area contributed by atoms with Crippen molar-refractivity contribution in [2.45, 2.75) is 50.4 Å². The van der Waals surface area contributed by atoms with E-state index in [4.69, 9.17) is 15.2 Å². The van der Waals surface area contributed by atoms with Crippen LogP contribution >= 0.6 is 24.8 Å². The van der Waals surface area contributed by atoms with E-state index >= 15 is 0 Å². The minimum Gasteiger partial charge on any atom is -0.496 e. The maximum absolute atomic E-state index is 12.6. The van der Waals surface area contributed by atoms with Crippen LogP contribution in [0.15, 0.2) is 24.3 Å². The molecule has 3 atom stereocenters. The number of carbonyl (C=O) groups excluding carboxylic acids is 1. The molecule has 28 heavy (non-hydrogen) atoms. The first-order valence-corrected chi connectivity index (χ1v) is 9.73. The molecule has 3 rings (SSSR count). The Morgan fingerprint density at radius 3 is 2.61 bits per heavy atom. The summed E-state index contributed by atoms with van der Waals surface area (Å²) in [7, 11) is 1.70. The van der Waals surface area contributed by atoms with Gasteiger partial charge >= 0.3 is 0 Å². The molecule has 2 aliphatic heterocycles. The molecule has 0 radical (unpaired) electrons. The van der Waals surface area contributed by atoms with Crippen LogP contribution in [0.4, 0.5) is 0 Å². The van der Waals surface area contributed by atoms with Crippen molar-refractivity contribution >= 4 is 30.7 Å². The molecular weight excluding hydrogens is 401 g/mol. The predicted molar refractivity (Wildman–Crippen MR) is 116 cm³/mol. The Labute approximate surface area is 180 Å². The number of nitrogens with one attached hydrogen (secondary N) is 1. The van der Waals surface area contributed by atoms with E-state index in [1.165, 1.54) is 19.3 Å². The van der Waals surface area contributed by atoms with Crippen molar-refractivity contribution in [2.75, 3.05) is 33.3 Å². The van der Waals surface area contributed by atoms with Crippen LogP contribution in [0.3, 0.4) is 0 Å². The molecule has 0 saturated carbocycles. The zero-order valence-corrected chi connectivity index (χ0v) is 18.1. The number of methoxy groups -OCH3 is 1. The number of ether oxygens (including phenoxy) is 2. The first kappa shape index (κ1) is 25.0. The number of hydrogen-bond acceptors (Lipinski definition) is 5. The standard InChI is InChI=1S/C20H31N3O3.2ClH/c1-25-18-8-4-3-7-16(18)17(23-11-5-2-6-12-23)14-22-20(24)19-10-9-15(13-21)26-19;;/h3-4,7-8,15,17,19H,2,5-6,9-14,21H2,1H3,(H,22,24);2*1H/t15-,17?,19+;;/m1../s1. The van der Waals surface area contributed by atoms with Crippen LogP contribution in [0.2, 0.25) is 0 Å². The number of nitrogens with zero attached hydrogens (tertiary/aromatic N) is 1. The number of nitrogens with two attached hydrogens (primary N) is 1. The van der Waals surface area contributed by atoms with E-state index in [-0.39, 0.29) is 49.0 Å². The summed E-state index contributed by atoms with van der Waals surface area (Å²) in [6.07, 6.45) is 4.92. The van der Waals surface area contributed by atoms with Gasteiger partial charge in [0.1, 0.15) is 11.9 Å². The number of rotatable bonds is 7. The van der Waals surface area contributed by atoms with Gasteiger partial charge in [0, 0.05) is 18.7 Å². The highest BCUT2D eigenvalue weighted by atomic mass is 35.5. The van der Waals surface area contributed by atoms with Crippen molar-refractivity contribution in [3.63, 3.8) is 0 Å². The third-order valence-electron chi connectivity index (χ3n) is 5.46. The Morgan fingerprint density at radius 2 is 1.96 bits per heavy atom. The fourth-order valence-electron chi connectivity index (χ4n) is 3.99. The van der Waals surface area contributed by atoms with Gasteiger partial charge in [0.15, 0.2) is 0 Å². The second-order valence-corrected chi connectivity index (χ2v) is 7.16. The van der Waals surface area contributed by atoms with Crippen molar-refractivity contribution in [1.29, 1.82) is 0 Å². The van der Waals surface area contributed by atoms with Crippen molar-refractivity contribution in [3.8, 4) is 5.75 Å². The Kier molecular flexibility index (Phi) is 11.2. The van der Waals surface area contributed by atoms with E-state index in [9.17, 15) is 4.79 Å². The van der Waals surface area contributed by atoms with Gasteiger partial charge in [0.05, 0.1) is 19.3 Å². The summed E-state index contributed by atoms with van der Waals surface area (Å²) in [6.45, 7) is 3.13. The second-order valence-electron chi connectivity index (χ2n) is 7.16. The Hall–Kier alpha value is -1.05. The van der Waals surface area contributed by atoms with Crippen LogP contribution in [0.1, 0.15) is 43.7 Å². The molecule has 6 nitrogen and oxygen atoms in total. The summed E-state index contributed by atoms with van der Waals surface area (Å²) in [6, 6.07) is 8.21. The van der Waals surface area contributed by atoms with E-state index in [2.05, 4.69) is 16.3 Å². The van der Waals surface area contributed by atoms with E-state index in [1.807, 2.05) is 18.2 Å². The molecule has 2 saturated heterocycles. The number of carbonyl (C=O) groups is 1. The normalized spacial score (nSPS) is 23.2. The largest absolute Gasteiger partial charge is 0.496 e.